The normalized spacial score (nSPS) is 29.1. The smallest absolute Gasteiger partial charge is 0.328 e. The molecule has 3 saturated heterocycles. The lowest BCUT2D eigenvalue weighted by molar-refractivity contribution is -0.161. The van der Waals surface area contributed by atoms with Gasteiger partial charge in [-0.3, -0.25) is 9.59 Å². The van der Waals surface area contributed by atoms with Crippen LogP contribution in [-0.4, -0.2) is 91.8 Å². The van der Waals surface area contributed by atoms with Crippen molar-refractivity contribution in [3.63, 3.8) is 0 Å². The maximum absolute atomic E-state index is 13.2. The van der Waals surface area contributed by atoms with Crippen molar-refractivity contribution in [1.82, 2.24) is 25.8 Å². The van der Waals surface area contributed by atoms with Crippen LogP contribution < -0.4 is 16.0 Å². The summed E-state index contributed by atoms with van der Waals surface area (Å²) in [4.78, 5) is 64.1. The van der Waals surface area contributed by atoms with Gasteiger partial charge in [-0.05, 0) is 12.5 Å². The highest BCUT2D eigenvalue weighted by Gasteiger charge is 2.65. The molecular formula is C20H23N5O7S. The standard InChI is InChI=1S/C20H23N5O7S/c1-20(9-26)13(17(29)30)25-15(28)12(16(25)33-20)22-14(27)11(10-5-3-2-4-6-10)23-19(32)24-8-7-21-18(24)31/h2-6,11-13,16,26H,7-9H2,1H3,(H,21,31)(H,22,27)(H,23,32)(H,29,30)/t11-,12-,13+,16-,20?/m1/s1. The number of thioether (sulfide) groups is 1. The Morgan fingerprint density at radius 2 is 1.97 bits per heavy atom. The first kappa shape index (κ1) is 22.9. The topological polar surface area (TPSA) is 168 Å². The molecule has 1 aromatic rings. The molecule has 0 bridgehead atoms. The molecule has 13 heteroatoms. The Labute approximate surface area is 192 Å². The summed E-state index contributed by atoms with van der Waals surface area (Å²) in [7, 11) is 0. The number of carbonyl (C=O) groups is 5. The molecule has 0 radical (unpaired) electrons. The van der Waals surface area contributed by atoms with Crippen molar-refractivity contribution >= 4 is 41.6 Å². The number of urea groups is 2. The number of rotatable bonds is 6. The van der Waals surface area contributed by atoms with Gasteiger partial charge in [0.2, 0.25) is 11.8 Å². The van der Waals surface area contributed by atoms with E-state index in [-0.39, 0.29) is 6.54 Å². The highest BCUT2D eigenvalue weighted by molar-refractivity contribution is 8.01. The number of imide groups is 1. The van der Waals surface area contributed by atoms with Crippen LogP contribution in [0, 0.1) is 0 Å². The van der Waals surface area contributed by atoms with Gasteiger partial charge in [0.25, 0.3) is 0 Å². The van der Waals surface area contributed by atoms with Crippen molar-refractivity contribution in [2.45, 2.75) is 35.2 Å². The average Bonchev–Trinajstić information content (AvgIpc) is 3.35. The van der Waals surface area contributed by atoms with Crippen molar-refractivity contribution in [1.29, 1.82) is 0 Å². The number of benzene rings is 1. The van der Waals surface area contributed by atoms with E-state index in [9.17, 15) is 34.2 Å². The summed E-state index contributed by atoms with van der Waals surface area (Å²) in [6.45, 7) is 1.54. The Kier molecular flexibility index (Phi) is 5.93. The third-order valence-electron chi connectivity index (χ3n) is 5.94. The predicted octanol–water partition coefficient (Wildman–Crippen LogP) is -0.933. The van der Waals surface area contributed by atoms with Crippen LogP contribution >= 0.6 is 11.8 Å². The van der Waals surface area contributed by atoms with Crippen molar-refractivity contribution < 1.29 is 34.2 Å². The van der Waals surface area contributed by atoms with E-state index in [0.29, 0.717) is 12.1 Å². The number of aliphatic carboxylic acids is 1. The van der Waals surface area contributed by atoms with Crippen molar-refractivity contribution in [2.75, 3.05) is 19.7 Å². The summed E-state index contributed by atoms with van der Waals surface area (Å²) >= 11 is 1.11. The van der Waals surface area contributed by atoms with Crippen molar-refractivity contribution in [3.8, 4) is 0 Å². The number of hydrogen-bond acceptors (Lipinski definition) is 7. The first-order valence-electron chi connectivity index (χ1n) is 10.2. The molecule has 0 aliphatic carbocycles. The number of hydrogen-bond donors (Lipinski definition) is 5. The molecule has 5 atom stereocenters. The van der Waals surface area contributed by atoms with Gasteiger partial charge in [0.05, 0.1) is 11.4 Å². The number of aliphatic hydroxyl groups excluding tert-OH is 1. The zero-order valence-electron chi connectivity index (χ0n) is 17.6. The quantitative estimate of drug-likeness (QED) is 0.327. The minimum atomic E-state index is -1.24. The molecular weight excluding hydrogens is 454 g/mol. The molecule has 5 N–H and O–H groups in total. The van der Waals surface area contributed by atoms with Gasteiger partial charge in [-0.15, -0.1) is 11.8 Å². The average molecular weight is 477 g/mol. The zero-order chi connectivity index (χ0) is 23.9. The molecule has 0 aromatic heterocycles. The second kappa shape index (κ2) is 8.56. The minimum Gasteiger partial charge on any atom is -0.480 e. The van der Waals surface area contributed by atoms with E-state index in [2.05, 4.69) is 16.0 Å². The summed E-state index contributed by atoms with van der Waals surface area (Å²) < 4.78 is -1.12. The number of carbonyl (C=O) groups excluding carboxylic acids is 4. The fourth-order valence-corrected chi connectivity index (χ4v) is 5.84. The minimum absolute atomic E-state index is 0.152. The molecule has 0 spiro atoms. The largest absolute Gasteiger partial charge is 0.480 e. The van der Waals surface area contributed by atoms with Gasteiger partial charge in [0.15, 0.2) is 0 Å². The number of carboxylic acids is 1. The highest BCUT2D eigenvalue weighted by atomic mass is 32.2. The van der Waals surface area contributed by atoms with Crippen LogP contribution in [0.4, 0.5) is 9.59 Å². The van der Waals surface area contributed by atoms with Gasteiger partial charge in [0.1, 0.15) is 23.5 Å². The van der Waals surface area contributed by atoms with Gasteiger partial charge in [-0.25, -0.2) is 19.3 Å². The van der Waals surface area contributed by atoms with Crippen LogP contribution in [0.25, 0.3) is 0 Å². The Morgan fingerprint density at radius 3 is 2.55 bits per heavy atom. The van der Waals surface area contributed by atoms with E-state index < -0.39 is 64.7 Å². The van der Waals surface area contributed by atoms with Crippen LogP contribution in [0.3, 0.4) is 0 Å². The van der Waals surface area contributed by atoms with Crippen molar-refractivity contribution in [3.05, 3.63) is 35.9 Å². The predicted molar refractivity (Wildman–Crippen MR) is 115 cm³/mol. The first-order chi connectivity index (χ1) is 15.7. The van der Waals surface area contributed by atoms with E-state index in [1.54, 1.807) is 37.3 Å². The zero-order valence-corrected chi connectivity index (χ0v) is 18.4. The lowest BCUT2D eigenvalue weighted by atomic mass is 9.95. The van der Waals surface area contributed by atoms with E-state index >= 15 is 0 Å². The number of amides is 6. The molecule has 3 aliphatic heterocycles. The summed E-state index contributed by atoms with van der Waals surface area (Å²) in [6, 6.07) is 3.56. The van der Waals surface area contributed by atoms with Gasteiger partial charge in [-0.1, -0.05) is 30.3 Å². The molecule has 4 rings (SSSR count). The third kappa shape index (κ3) is 3.86. The van der Waals surface area contributed by atoms with E-state index in [0.717, 1.165) is 21.6 Å². The second-order valence-electron chi connectivity index (χ2n) is 8.13. The lowest BCUT2D eigenvalue weighted by Crippen LogP contribution is -2.71. The summed E-state index contributed by atoms with van der Waals surface area (Å²) in [5, 5.41) is 26.3. The monoisotopic (exact) mass is 477 g/mol. The maximum Gasteiger partial charge on any atom is 0.328 e. The lowest BCUT2D eigenvalue weighted by Gasteiger charge is -2.44. The van der Waals surface area contributed by atoms with Gasteiger partial charge >= 0.3 is 18.0 Å². The van der Waals surface area contributed by atoms with E-state index in [4.69, 9.17) is 0 Å². The molecule has 33 heavy (non-hydrogen) atoms. The summed E-state index contributed by atoms with van der Waals surface area (Å²) in [5.74, 6) is -2.50. The number of fused-ring (bicyclic) bond motifs is 1. The molecule has 6 amide bonds. The maximum atomic E-state index is 13.2. The van der Waals surface area contributed by atoms with Gasteiger partial charge < -0.3 is 31.1 Å². The second-order valence-corrected chi connectivity index (χ2v) is 9.78. The van der Waals surface area contributed by atoms with Gasteiger partial charge in [-0.2, -0.15) is 0 Å². The van der Waals surface area contributed by atoms with Crippen LogP contribution in [0.15, 0.2) is 30.3 Å². The molecule has 3 heterocycles. The van der Waals surface area contributed by atoms with Crippen LogP contribution in [0.5, 0.6) is 0 Å². The Balaban J connectivity index is 1.52. The Hall–Kier alpha value is -3.32. The van der Waals surface area contributed by atoms with Crippen LogP contribution in [0.2, 0.25) is 0 Å². The molecule has 176 valence electrons. The molecule has 0 saturated carbocycles. The van der Waals surface area contributed by atoms with Crippen LogP contribution in [-0.2, 0) is 14.4 Å². The molecule has 12 nitrogen and oxygen atoms in total. The highest BCUT2D eigenvalue weighted by Crippen LogP contribution is 2.50. The van der Waals surface area contributed by atoms with E-state index in [1.165, 1.54) is 0 Å². The first-order valence-corrected chi connectivity index (χ1v) is 11.1. The molecule has 3 aliphatic rings. The fourth-order valence-electron chi connectivity index (χ4n) is 4.21. The SMILES string of the molecule is CC1(CO)S[C@@H]2[C@H](NC(=O)[C@H](NC(=O)N3CCNC3=O)c3ccccc3)C(=O)N2[C@H]1C(=O)O. The molecule has 1 unspecified atom stereocenters. The number of nitrogens with one attached hydrogen (secondary N) is 3. The number of nitrogens with zero attached hydrogens (tertiary/aromatic N) is 2. The van der Waals surface area contributed by atoms with Crippen molar-refractivity contribution in [2.24, 2.45) is 0 Å². The van der Waals surface area contributed by atoms with Crippen LogP contribution in [0.1, 0.15) is 18.5 Å². The Bertz CT molecular complexity index is 1010. The number of aliphatic hydroxyl groups is 1. The summed E-state index contributed by atoms with van der Waals surface area (Å²) in [6.07, 6.45) is 0. The summed E-state index contributed by atoms with van der Waals surface area (Å²) in [5.41, 5.74) is 0.439. The number of carboxylic acid groups (broad SMARTS) is 1. The molecule has 1 aromatic carbocycles. The third-order valence-corrected chi connectivity index (χ3v) is 7.57. The number of β-lactam (4-membered cyclic amide) rings is 1. The molecule has 3 fully saturated rings. The van der Waals surface area contributed by atoms with E-state index in [1.807, 2.05) is 0 Å². The fraction of sp³-hybridized carbons (Fsp3) is 0.450. The Morgan fingerprint density at radius 1 is 1.27 bits per heavy atom. The van der Waals surface area contributed by atoms with Gasteiger partial charge in [0, 0.05) is 13.1 Å².